The lowest BCUT2D eigenvalue weighted by atomic mass is 9.87. The van der Waals surface area contributed by atoms with Gasteiger partial charge in [0.2, 0.25) is 0 Å². The summed E-state index contributed by atoms with van der Waals surface area (Å²) in [4.78, 5) is 0. The third-order valence-corrected chi connectivity index (χ3v) is 6.48. The minimum absolute atomic E-state index is 0.292. The number of hydrogen-bond acceptors (Lipinski definition) is 2. The summed E-state index contributed by atoms with van der Waals surface area (Å²) in [5, 5.41) is 12.3. The zero-order valence-corrected chi connectivity index (χ0v) is 13.5. The van der Waals surface area contributed by atoms with Gasteiger partial charge in [-0.3, -0.25) is 0 Å². The fourth-order valence-corrected chi connectivity index (χ4v) is 5.70. The smallest absolute Gasteiger partial charge is 0.0668 e. The van der Waals surface area contributed by atoms with Crippen LogP contribution in [0, 0.1) is 0 Å². The van der Waals surface area contributed by atoms with Crippen LogP contribution in [0.2, 0.25) is 0 Å². The zero-order valence-electron chi connectivity index (χ0n) is 12.7. The average Bonchev–Trinajstić information content (AvgIpc) is 2.73. The molecule has 2 fully saturated rings. The molecule has 19 heavy (non-hydrogen) atoms. The molecule has 0 aromatic rings. The number of rotatable bonds is 9. The molecule has 1 N–H and O–H groups in total. The first kappa shape index (κ1) is 15.7. The maximum absolute atomic E-state index is 10.7. The van der Waals surface area contributed by atoms with Gasteiger partial charge in [-0.2, -0.15) is 11.8 Å². The number of unbranched alkanes of at least 4 members (excludes halogenated alkanes) is 7. The minimum Gasteiger partial charge on any atom is -0.390 e. The van der Waals surface area contributed by atoms with Gasteiger partial charge >= 0.3 is 0 Å². The lowest BCUT2D eigenvalue weighted by molar-refractivity contribution is 0.0130. The van der Waals surface area contributed by atoms with Gasteiger partial charge in [0.25, 0.3) is 0 Å². The van der Waals surface area contributed by atoms with Crippen LogP contribution in [-0.4, -0.2) is 21.2 Å². The second kappa shape index (κ2) is 7.93. The van der Waals surface area contributed by atoms with Crippen LogP contribution < -0.4 is 0 Å². The van der Waals surface area contributed by atoms with E-state index >= 15 is 0 Å². The highest BCUT2D eigenvalue weighted by atomic mass is 32.2. The van der Waals surface area contributed by atoms with Crippen LogP contribution in [0.4, 0.5) is 0 Å². The molecule has 2 bridgehead atoms. The van der Waals surface area contributed by atoms with E-state index in [-0.39, 0.29) is 5.60 Å². The van der Waals surface area contributed by atoms with E-state index in [4.69, 9.17) is 0 Å². The Morgan fingerprint density at radius 1 is 0.895 bits per heavy atom. The first-order valence-electron chi connectivity index (χ1n) is 8.60. The van der Waals surface area contributed by atoms with Crippen molar-refractivity contribution in [3.05, 3.63) is 0 Å². The number of aliphatic hydroxyl groups is 1. The van der Waals surface area contributed by atoms with Gasteiger partial charge in [0.1, 0.15) is 0 Å². The molecule has 2 rings (SSSR count). The summed E-state index contributed by atoms with van der Waals surface area (Å²) in [5.74, 6) is 0. The Morgan fingerprint density at radius 3 is 2.00 bits per heavy atom. The lowest BCUT2D eigenvalue weighted by Crippen LogP contribution is -2.37. The molecule has 0 spiro atoms. The summed E-state index contributed by atoms with van der Waals surface area (Å²) in [6.07, 6.45) is 16.9. The topological polar surface area (TPSA) is 20.2 Å². The van der Waals surface area contributed by atoms with Gasteiger partial charge in [-0.05, 0) is 32.1 Å². The summed E-state index contributed by atoms with van der Waals surface area (Å²) in [7, 11) is 0. The van der Waals surface area contributed by atoms with Gasteiger partial charge in [-0.15, -0.1) is 0 Å². The highest BCUT2D eigenvalue weighted by Gasteiger charge is 2.42. The van der Waals surface area contributed by atoms with Crippen LogP contribution in [0.1, 0.15) is 90.4 Å². The SMILES string of the molecule is CCCCCCCCCCC1(O)CC2CCC(C1)S2. The molecular weight excluding hydrogens is 252 g/mol. The molecule has 0 radical (unpaired) electrons. The molecule has 2 saturated heterocycles. The van der Waals surface area contributed by atoms with Gasteiger partial charge in [0, 0.05) is 10.5 Å². The maximum Gasteiger partial charge on any atom is 0.0668 e. The monoisotopic (exact) mass is 284 g/mol. The van der Waals surface area contributed by atoms with E-state index in [0.717, 1.165) is 29.8 Å². The molecule has 112 valence electrons. The average molecular weight is 285 g/mol. The summed E-state index contributed by atoms with van der Waals surface area (Å²) >= 11 is 2.15. The van der Waals surface area contributed by atoms with Crippen LogP contribution in [0.25, 0.3) is 0 Å². The second-order valence-corrected chi connectivity index (χ2v) is 8.42. The molecule has 1 nitrogen and oxygen atoms in total. The van der Waals surface area contributed by atoms with Crippen molar-refractivity contribution in [2.45, 2.75) is 106 Å². The molecule has 2 aliphatic heterocycles. The Balaban J connectivity index is 1.51. The highest BCUT2D eigenvalue weighted by Crippen LogP contribution is 2.48. The Kier molecular flexibility index (Phi) is 6.55. The van der Waals surface area contributed by atoms with Crippen molar-refractivity contribution < 1.29 is 5.11 Å². The van der Waals surface area contributed by atoms with Gasteiger partial charge in [-0.1, -0.05) is 58.3 Å². The molecule has 0 aromatic carbocycles. The Bertz CT molecular complexity index is 242. The first-order valence-corrected chi connectivity index (χ1v) is 9.54. The van der Waals surface area contributed by atoms with Crippen molar-refractivity contribution in [1.29, 1.82) is 0 Å². The summed E-state index contributed by atoms with van der Waals surface area (Å²) in [6, 6.07) is 0. The fourth-order valence-electron chi connectivity index (χ4n) is 3.80. The van der Waals surface area contributed by atoms with Crippen LogP contribution in [0.5, 0.6) is 0 Å². The molecular formula is C17H32OS. The van der Waals surface area contributed by atoms with E-state index in [9.17, 15) is 5.11 Å². The normalized spacial score (nSPS) is 33.8. The molecule has 2 heterocycles. The summed E-state index contributed by atoms with van der Waals surface area (Å²) in [5.41, 5.74) is -0.292. The first-order chi connectivity index (χ1) is 9.22. The van der Waals surface area contributed by atoms with Gasteiger partial charge in [0.05, 0.1) is 5.60 Å². The molecule has 0 saturated carbocycles. The number of hydrogen-bond donors (Lipinski definition) is 1. The standard InChI is InChI=1S/C17H32OS/c1-2-3-4-5-6-7-8-9-12-17(18)13-15-10-11-16(14-17)19-15/h15-16,18H,2-14H2,1H3. The summed E-state index contributed by atoms with van der Waals surface area (Å²) < 4.78 is 0. The largest absolute Gasteiger partial charge is 0.390 e. The number of fused-ring (bicyclic) bond motifs is 2. The second-order valence-electron chi connectivity index (χ2n) is 6.81. The van der Waals surface area contributed by atoms with Crippen molar-refractivity contribution in [2.24, 2.45) is 0 Å². The Hall–Kier alpha value is 0.310. The molecule has 2 heteroatoms. The van der Waals surface area contributed by atoms with E-state index in [0.29, 0.717) is 0 Å². The quantitative estimate of drug-likeness (QED) is 0.579. The van der Waals surface area contributed by atoms with Crippen molar-refractivity contribution in [2.75, 3.05) is 0 Å². The van der Waals surface area contributed by atoms with Gasteiger partial charge in [-0.25, -0.2) is 0 Å². The van der Waals surface area contributed by atoms with Crippen LogP contribution >= 0.6 is 11.8 Å². The van der Waals surface area contributed by atoms with Crippen LogP contribution in [0.15, 0.2) is 0 Å². The molecule has 2 aliphatic rings. The van der Waals surface area contributed by atoms with Crippen molar-refractivity contribution >= 4 is 11.8 Å². The summed E-state index contributed by atoms with van der Waals surface area (Å²) in [6.45, 7) is 2.27. The van der Waals surface area contributed by atoms with Gasteiger partial charge < -0.3 is 5.11 Å². The zero-order chi connectivity index (χ0) is 13.6. The fraction of sp³-hybridized carbons (Fsp3) is 1.00. The van der Waals surface area contributed by atoms with Crippen molar-refractivity contribution in [3.63, 3.8) is 0 Å². The molecule has 2 atom stereocenters. The van der Waals surface area contributed by atoms with Crippen LogP contribution in [0.3, 0.4) is 0 Å². The Labute approximate surface area is 123 Å². The van der Waals surface area contributed by atoms with Gasteiger partial charge in [0.15, 0.2) is 0 Å². The third-order valence-electron chi connectivity index (χ3n) is 4.91. The van der Waals surface area contributed by atoms with E-state index < -0.39 is 0 Å². The number of thioether (sulfide) groups is 1. The van der Waals surface area contributed by atoms with E-state index in [2.05, 4.69) is 18.7 Å². The van der Waals surface area contributed by atoms with E-state index in [1.807, 2.05) is 0 Å². The molecule has 0 aromatic heterocycles. The highest BCUT2D eigenvalue weighted by molar-refractivity contribution is 8.00. The molecule has 0 aliphatic carbocycles. The van der Waals surface area contributed by atoms with E-state index in [1.54, 1.807) is 0 Å². The van der Waals surface area contributed by atoms with Crippen LogP contribution in [-0.2, 0) is 0 Å². The molecule has 0 amide bonds. The Morgan fingerprint density at radius 2 is 1.42 bits per heavy atom. The third kappa shape index (κ3) is 5.30. The molecule has 2 unspecified atom stereocenters. The lowest BCUT2D eigenvalue weighted by Gasteiger charge is -2.36. The maximum atomic E-state index is 10.7. The predicted molar refractivity (Wildman–Crippen MR) is 85.8 cm³/mol. The van der Waals surface area contributed by atoms with E-state index in [1.165, 1.54) is 64.2 Å². The van der Waals surface area contributed by atoms with Crippen molar-refractivity contribution in [1.82, 2.24) is 0 Å². The predicted octanol–water partition coefficient (Wildman–Crippen LogP) is 5.31. The minimum atomic E-state index is -0.292. The van der Waals surface area contributed by atoms with Crippen molar-refractivity contribution in [3.8, 4) is 0 Å².